The molecule has 2 N–H and O–H groups in total. The Hall–Kier alpha value is -1.60. The number of carbonyl (C=O) groups excluding carboxylic acids is 1. The quantitative estimate of drug-likeness (QED) is 0.645. The molecule has 1 amide bonds. The Balaban J connectivity index is 0.00000256. The third-order valence-electron chi connectivity index (χ3n) is 2.31. The molecule has 0 saturated heterocycles. The molecule has 7 nitrogen and oxygen atoms in total. The topological polar surface area (TPSA) is 103 Å². The second-order valence-electron chi connectivity index (χ2n) is 3.40. The lowest BCUT2D eigenvalue weighted by Crippen LogP contribution is -2.39. The number of hydrogen-bond acceptors (Lipinski definition) is 5. The summed E-state index contributed by atoms with van der Waals surface area (Å²) in [6.07, 6.45) is 0. The van der Waals surface area contributed by atoms with E-state index in [9.17, 15) is 14.9 Å². The molecule has 0 spiro atoms. The first-order chi connectivity index (χ1) is 7.47. The lowest BCUT2D eigenvalue weighted by Gasteiger charge is -2.22. The van der Waals surface area contributed by atoms with Crippen LogP contribution < -0.4 is 5.73 Å². The Morgan fingerprint density at radius 1 is 1.65 bits per heavy atom. The van der Waals surface area contributed by atoms with E-state index in [1.807, 2.05) is 0 Å². The molecular formula is C9H14ClN3O4. The van der Waals surface area contributed by atoms with Gasteiger partial charge in [-0.3, -0.25) is 14.9 Å². The molecule has 96 valence electrons. The van der Waals surface area contributed by atoms with E-state index in [0.29, 0.717) is 6.54 Å². The lowest BCUT2D eigenvalue weighted by atomic mass is 10.3. The fourth-order valence-electron chi connectivity index (χ4n) is 1.07. The van der Waals surface area contributed by atoms with Crippen molar-refractivity contribution in [3.63, 3.8) is 0 Å². The number of amides is 1. The minimum atomic E-state index is -0.691. The Kier molecular flexibility index (Phi) is 5.63. The highest BCUT2D eigenvalue weighted by molar-refractivity contribution is 5.91. The molecule has 0 aliphatic heterocycles. The smallest absolute Gasteiger partial charge is 0.395 e. The first-order valence-corrected chi connectivity index (χ1v) is 4.68. The van der Waals surface area contributed by atoms with Crippen LogP contribution in [0.1, 0.15) is 17.5 Å². The average Bonchev–Trinajstić information content (AvgIpc) is 2.75. The second kappa shape index (κ2) is 6.21. The third kappa shape index (κ3) is 3.43. The average molecular weight is 264 g/mol. The van der Waals surface area contributed by atoms with Crippen LogP contribution in [0.15, 0.2) is 16.5 Å². The van der Waals surface area contributed by atoms with Crippen molar-refractivity contribution in [2.45, 2.75) is 13.0 Å². The van der Waals surface area contributed by atoms with Crippen molar-refractivity contribution in [2.75, 3.05) is 13.6 Å². The standard InChI is InChI=1S/C9H13N3O4.ClH/c1-6(5-10)11(2)9(13)7-3-4-8(16-7)12(14)15;/h3-4,6H,5,10H2,1-2H3;1H. The number of nitro groups is 1. The van der Waals surface area contributed by atoms with E-state index in [1.165, 1.54) is 11.0 Å². The monoisotopic (exact) mass is 263 g/mol. The van der Waals surface area contributed by atoms with E-state index in [4.69, 9.17) is 10.2 Å². The van der Waals surface area contributed by atoms with Gasteiger partial charge in [-0.25, -0.2) is 0 Å². The fourth-order valence-corrected chi connectivity index (χ4v) is 1.07. The summed E-state index contributed by atoms with van der Waals surface area (Å²) in [4.78, 5) is 22.8. The van der Waals surface area contributed by atoms with Crippen LogP contribution >= 0.6 is 12.4 Å². The molecule has 1 unspecified atom stereocenters. The van der Waals surface area contributed by atoms with Gasteiger partial charge in [0.15, 0.2) is 5.76 Å². The normalized spacial score (nSPS) is 11.5. The van der Waals surface area contributed by atoms with Gasteiger partial charge in [-0.2, -0.15) is 0 Å². The van der Waals surface area contributed by atoms with Gasteiger partial charge in [-0.1, -0.05) is 0 Å². The number of nitrogens with zero attached hydrogens (tertiary/aromatic N) is 2. The van der Waals surface area contributed by atoms with Gasteiger partial charge in [0.1, 0.15) is 4.92 Å². The molecule has 0 radical (unpaired) electrons. The van der Waals surface area contributed by atoms with Crippen molar-refractivity contribution in [1.82, 2.24) is 4.90 Å². The summed E-state index contributed by atoms with van der Waals surface area (Å²) < 4.78 is 4.79. The maximum absolute atomic E-state index is 11.7. The summed E-state index contributed by atoms with van der Waals surface area (Å²) in [5.74, 6) is -0.933. The maximum atomic E-state index is 11.7. The highest BCUT2D eigenvalue weighted by Gasteiger charge is 2.22. The van der Waals surface area contributed by atoms with E-state index in [0.717, 1.165) is 6.07 Å². The summed E-state index contributed by atoms with van der Waals surface area (Å²) >= 11 is 0. The van der Waals surface area contributed by atoms with Crippen molar-refractivity contribution in [2.24, 2.45) is 5.73 Å². The van der Waals surface area contributed by atoms with Crippen LogP contribution in [0, 0.1) is 10.1 Å². The number of halogens is 1. The molecule has 8 heteroatoms. The summed E-state index contributed by atoms with van der Waals surface area (Å²) in [6, 6.07) is 2.27. The fraction of sp³-hybridized carbons (Fsp3) is 0.444. The van der Waals surface area contributed by atoms with E-state index in [-0.39, 0.29) is 24.2 Å². The van der Waals surface area contributed by atoms with Crippen molar-refractivity contribution in [3.05, 3.63) is 28.0 Å². The molecule has 0 aliphatic carbocycles. The van der Waals surface area contributed by atoms with E-state index in [1.54, 1.807) is 14.0 Å². The molecular weight excluding hydrogens is 250 g/mol. The van der Waals surface area contributed by atoms with E-state index >= 15 is 0 Å². The zero-order valence-electron chi connectivity index (χ0n) is 9.45. The molecule has 17 heavy (non-hydrogen) atoms. The molecule has 0 fully saturated rings. The van der Waals surface area contributed by atoms with Crippen molar-refractivity contribution in [3.8, 4) is 0 Å². The summed E-state index contributed by atoms with van der Waals surface area (Å²) in [6.45, 7) is 2.08. The molecule has 0 aliphatic rings. The molecule has 1 aromatic heterocycles. The second-order valence-corrected chi connectivity index (χ2v) is 3.40. The highest BCUT2D eigenvalue weighted by Crippen LogP contribution is 2.17. The predicted octanol–water partition coefficient (Wildman–Crippen LogP) is 1.03. The van der Waals surface area contributed by atoms with Crippen molar-refractivity contribution >= 4 is 24.2 Å². The van der Waals surface area contributed by atoms with Crippen molar-refractivity contribution < 1.29 is 14.1 Å². The summed E-state index contributed by atoms with van der Waals surface area (Å²) in [5.41, 5.74) is 5.41. The van der Waals surface area contributed by atoms with Gasteiger partial charge in [-0.05, 0) is 13.0 Å². The van der Waals surface area contributed by atoms with Crippen LogP contribution in [0.3, 0.4) is 0 Å². The zero-order chi connectivity index (χ0) is 12.3. The van der Waals surface area contributed by atoms with Gasteiger partial charge in [0.25, 0.3) is 5.91 Å². The van der Waals surface area contributed by atoms with Crippen LogP contribution in [0.25, 0.3) is 0 Å². The molecule has 0 bridgehead atoms. The Labute approximate surface area is 104 Å². The van der Waals surface area contributed by atoms with Crippen LogP contribution in [-0.2, 0) is 0 Å². The molecule has 1 aromatic rings. The maximum Gasteiger partial charge on any atom is 0.433 e. The Bertz CT molecular complexity index is 407. The number of carbonyl (C=O) groups is 1. The SMILES string of the molecule is CC(CN)N(C)C(=O)c1ccc([N+](=O)[O-])o1.Cl. The van der Waals surface area contributed by atoms with Crippen LogP contribution in [0.5, 0.6) is 0 Å². The largest absolute Gasteiger partial charge is 0.433 e. The van der Waals surface area contributed by atoms with Gasteiger partial charge in [0.2, 0.25) is 0 Å². The van der Waals surface area contributed by atoms with Gasteiger partial charge < -0.3 is 15.1 Å². The summed E-state index contributed by atoms with van der Waals surface area (Å²) in [7, 11) is 1.56. The van der Waals surface area contributed by atoms with Gasteiger partial charge in [-0.15, -0.1) is 12.4 Å². The number of furan rings is 1. The third-order valence-corrected chi connectivity index (χ3v) is 2.31. The molecule has 0 saturated carbocycles. The van der Waals surface area contributed by atoms with Crippen LogP contribution in [0.2, 0.25) is 0 Å². The molecule has 1 rings (SSSR count). The van der Waals surface area contributed by atoms with Crippen LogP contribution in [-0.4, -0.2) is 35.4 Å². The minimum Gasteiger partial charge on any atom is -0.395 e. The van der Waals surface area contributed by atoms with Crippen LogP contribution in [0.4, 0.5) is 5.88 Å². The molecule has 1 heterocycles. The number of nitrogens with two attached hydrogens (primary N) is 1. The molecule has 1 atom stereocenters. The molecule has 0 aromatic carbocycles. The zero-order valence-corrected chi connectivity index (χ0v) is 10.3. The highest BCUT2D eigenvalue weighted by atomic mass is 35.5. The first kappa shape index (κ1) is 15.4. The Morgan fingerprint density at radius 2 is 2.24 bits per heavy atom. The van der Waals surface area contributed by atoms with E-state index in [2.05, 4.69) is 0 Å². The van der Waals surface area contributed by atoms with Gasteiger partial charge in [0.05, 0.1) is 6.07 Å². The Morgan fingerprint density at radius 3 is 2.65 bits per heavy atom. The van der Waals surface area contributed by atoms with E-state index < -0.39 is 16.7 Å². The van der Waals surface area contributed by atoms with Gasteiger partial charge >= 0.3 is 5.88 Å². The minimum absolute atomic E-state index is 0. The summed E-state index contributed by atoms with van der Waals surface area (Å²) in [5, 5.41) is 10.4. The predicted molar refractivity (Wildman–Crippen MR) is 63.2 cm³/mol. The van der Waals surface area contributed by atoms with Crippen molar-refractivity contribution in [1.29, 1.82) is 0 Å². The number of likely N-dealkylation sites (N-methyl/N-ethyl adjacent to an activating group) is 1. The first-order valence-electron chi connectivity index (χ1n) is 4.68. The number of rotatable bonds is 4. The van der Waals surface area contributed by atoms with Gasteiger partial charge in [0, 0.05) is 19.6 Å². The lowest BCUT2D eigenvalue weighted by molar-refractivity contribution is -0.402. The number of hydrogen-bond donors (Lipinski definition) is 1.